The first-order valence-corrected chi connectivity index (χ1v) is 7.21. The number of nitrogens with two attached hydrogens (primary N) is 1. The molecule has 0 radical (unpaired) electrons. The van der Waals surface area contributed by atoms with Crippen molar-refractivity contribution in [2.75, 3.05) is 0 Å². The summed E-state index contributed by atoms with van der Waals surface area (Å²) in [6, 6.07) is 8.65. The van der Waals surface area contributed by atoms with Crippen LogP contribution in [-0.4, -0.2) is 15.9 Å². The maximum absolute atomic E-state index is 11.8. The number of nitrogens with zero attached hydrogens (tertiary/aromatic N) is 1. The summed E-state index contributed by atoms with van der Waals surface area (Å²) >= 11 is 12.1. The summed E-state index contributed by atoms with van der Waals surface area (Å²) in [5.41, 5.74) is 7.91. The van der Waals surface area contributed by atoms with Gasteiger partial charge in [-0.25, -0.2) is 4.98 Å². The average Bonchev–Trinajstić information content (AvgIpc) is 2.88. The van der Waals surface area contributed by atoms with Crippen molar-refractivity contribution < 1.29 is 4.79 Å². The Hall–Kier alpha value is -2.30. The van der Waals surface area contributed by atoms with E-state index in [1.54, 1.807) is 36.7 Å². The molecule has 0 spiro atoms. The smallest absolute Gasteiger partial charge is 0.249 e. The van der Waals surface area contributed by atoms with Gasteiger partial charge in [-0.15, -0.1) is 0 Å². The van der Waals surface area contributed by atoms with Crippen LogP contribution in [0.2, 0.25) is 10.0 Å². The number of aromatic nitrogens is 2. The third kappa shape index (κ3) is 2.71. The van der Waals surface area contributed by atoms with Gasteiger partial charge in [0.2, 0.25) is 5.91 Å². The van der Waals surface area contributed by atoms with Crippen molar-refractivity contribution in [3.63, 3.8) is 0 Å². The van der Waals surface area contributed by atoms with Crippen LogP contribution in [0.1, 0.15) is 11.1 Å². The minimum atomic E-state index is -0.567. The zero-order valence-electron chi connectivity index (χ0n) is 11.3. The van der Waals surface area contributed by atoms with Gasteiger partial charge in [0.25, 0.3) is 0 Å². The first-order valence-electron chi connectivity index (χ1n) is 6.45. The molecule has 0 saturated heterocycles. The summed E-state index contributed by atoms with van der Waals surface area (Å²) in [4.78, 5) is 19.1. The molecule has 110 valence electrons. The Bertz CT molecular complexity index is 899. The van der Waals surface area contributed by atoms with Gasteiger partial charge in [-0.3, -0.25) is 4.79 Å². The standard InChI is InChI=1S/C16H11Cl2N3O/c17-10-3-4-12(14(18)7-10)13(15(19)22)6-9-8-21-16-11(9)2-1-5-20-16/h1-8H,(H2,19,22)(H,20,21)/b13-6-. The van der Waals surface area contributed by atoms with Crippen LogP contribution in [0.4, 0.5) is 0 Å². The molecule has 22 heavy (non-hydrogen) atoms. The molecule has 1 aromatic carbocycles. The van der Waals surface area contributed by atoms with Crippen LogP contribution < -0.4 is 5.73 Å². The summed E-state index contributed by atoms with van der Waals surface area (Å²) in [7, 11) is 0. The molecular formula is C16H11Cl2N3O. The van der Waals surface area contributed by atoms with Crippen LogP contribution in [0.3, 0.4) is 0 Å². The Morgan fingerprint density at radius 2 is 2.09 bits per heavy atom. The number of primary amides is 1. The molecule has 0 aliphatic carbocycles. The summed E-state index contributed by atoms with van der Waals surface area (Å²) in [6.07, 6.45) is 5.15. The van der Waals surface area contributed by atoms with Gasteiger partial charge in [-0.2, -0.15) is 0 Å². The van der Waals surface area contributed by atoms with Gasteiger partial charge in [0.05, 0.1) is 5.02 Å². The topological polar surface area (TPSA) is 71.8 Å². The summed E-state index contributed by atoms with van der Waals surface area (Å²) < 4.78 is 0. The van der Waals surface area contributed by atoms with E-state index in [1.807, 2.05) is 12.1 Å². The zero-order valence-corrected chi connectivity index (χ0v) is 12.8. The molecule has 1 amide bonds. The number of rotatable bonds is 3. The van der Waals surface area contributed by atoms with Crippen LogP contribution in [0, 0.1) is 0 Å². The van der Waals surface area contributed by atoms with E-state index in [9.17, 15) is 4.79 Å². The van der Waals surface area contributed by atoms with E-state index < -0.39 is 5.91 Å². The number of carbonyl (C=O) groups is 1. The highest BCUT2D eigenvalue weighted by Crippen LogP contribution is 2.29. The van der Waals surface area contributed by atoms with E-state index in [2.05, 4.69) is 9.97 Å². The van der Waals surface area contributed by atoms with Crippen molar-refractivity contribution in [2.24, 2.45) is 5.73 Å². The Morgan fingerprint density at radius 3 is 2.82 bits per heavy atom. The predicted molar refractivity (Wildman–Crippen MR) is 89.6 cm³/mol. The number of amides is 1. The number of pyridine rings is 1. The minimum absolute atomic E-state index is 0.311. The molecule has 0 saturated carbocycles. The molecule has 6 heteroatoms. The third-order valence-corrected chi connectivity index (χ3v) is 3.82. The minimum Gasteiger partial charge on any atom is -0.366 e. The Balaban J connectivity index is 2.17. The molecule has 2 heterocycles. The molecule has 0 aliphatic heterocycles. The van der Waals surface area contributed by atoms with Gasteiger partial charge in [0.15, 0.2) is 0 Å². The lowest BCUT2D eigenvalue weighted by atomic mass is 10.0. The van der Waals surface area contributed by atoms with Crippen molar-refractivity contribution in [2.45, 2.75) is 0 Å². The Morgan fingerprint density at radius 1 is 1.27 bits per heavy atom. The molecular weight excluding hydrogens is 321 g/mol. The zero-order chi connectivity index (χ0) is 15.7. The first kappa shape index (κ1) is 14.6. The second-order valence-corrected chi connectivity index (χ2v) is 5.53. The Labute approximate surface area is 136 Å². The van der Waals surface area contributed by atoms with Crippen molar-refractivity contribution >= 4 is 51.8 Å². The van der Waals surface area contributed by atoms with Crippen LogP contribution in [0.25, 0.3) is 22.7 Å². The van der Waals surface area contributed by atoms with Gasteiger partial charge >= 0.3 is 0 Å². The second-order valence-electron chi connectivity index (χ2n) is 4.69. The van der Waals surface area contributed by atoms with E-state index in [4.69, 9.17) is 28.9 Å². The maximum Gasteiger partial charge on any atom is 0.249 e. The fourth-order valence-corrected chi connectivity index (χ4v) is 2.75. The summed E-state index contributed by atoms with van der Waals surface area (Å²) in [5.74, 6) is -0.567. The van der Waals surface area contributed by atoms with Crippen LogP contribution >= 0.6 is 23.2 Å². The lowest BCUT2D eigenvalue weighted by Crippen LogP contribution is -2.13. The van der Waals surface area contributed by atoms with Gasteiger partial charge < -0.3 is 10.7 Å². The molecule has 3 rings (SSSR count). The van der Waals surface area contributed by atoms with E-state index in [-0.39, 0.29) is 0 Å². The average molecular weight is 332 g/mol. The highest BCUT2D eigenvalue weighted by molar-refractivity contribution is 6.38. The quantitative estimate of drug-likeness (QED) is 0.714. The molecule has 0 fully saturated rings. The number of H-pyrrole nitrogens is 1. The number of carbonyl (C=O) groups excluding carboxylic acids is 1. The molecule has 0 bridgehead atoms. The fourth-order valence-electron chi connectivity index (χ4n) is 2.24. The number of nitrogens with one attached hydrogen (secondary N) is 1. The van der Waals surface area contributed by atoms with Crippen LogP contribution in [0.5, 0.6) is 0 Å². The first-order chi connectivity index (χ1) is 10.6. The second kappa shape index (κ2) is 5.83. The largest absolute Gasteiger partial charge is 0.366 e. The van der Waals surface area contributed by atoms with E-state index in [1.165, 1.54) is 0 Å². The lowest BCUT2D eigenvalue weighted by Gasteiger charge is -2.07. The van der Waals surface area contributed by atoms with Gasteiger partial charge in [-0.05, 0) is 30.3 Å². The van der Waals surface area contributed by atoms with E-state index in [0.717, 1.165) is 16.6 Å². The third-order valence-electron chi connectivity index (χ3n) is 3.27. The highest BCUT2D eigenvalue weighted by atomic mass is 35.5. The predicted octanol–water partition coefficient (Wildman–Crippen LogP) is 3.90. The number of fused-ring (bicyclic) bond motifs is 1. The molecule has 0 atom stereocenters. The van der Waals surface area contributed by atoms with E-state index >= 15 is 0 Å². The number of benzene rings is 1. The van der Waals surface area contributed by atoms with E-state index in [0.29, 0.717) is 21.2 Å². The van der Waals surface area contributed by atoms with Gasteiger partial charge in [-0.1, -0.05) is 29.3 Å². The Kier molecular flexibility index (Phi) is 3.88. The normalized spacial score (nSPS) is 11.8. The summed E-state index contributed by atoms with van der Waals surface area (Å²) in [5, 5.41) is 1.76. The SMILES string of the molecule is NC(=O)/C(=C\c1c[nH]c2ncccc12)c1ccc(Cl)cc1Cl. The van der Waals surface area contributed by atoms with Crippen molar-refractivity contribution in [1.29, 1.82) is 0 Å². The number of halogens is 2. The fraction of sp³-hybridized carbons (Fsp3) is 0. The van der Waals surface area contributed by atoms with Crippen molar-refractivity contribution in [1.82, 2.24) is 9.97 Å². The molecule has 2 aromatic heterocycles. The summed E-state index contributed by atoms with van der Waals surface area (Å²) in [6.45, 7) is 0. The molecule has 0 aliphatic rings. The molecule has 3 aromatic rings. The number of aromatic amines is 1. The van der Waals surface area contributed by atoms with Crippen molar-refractivity contribution in [3.8, 4) is 0 Å². The molecule has 3 N–H and O–H groups in total. The highest BCUT2D eigenvalue weighted by Gasteiger charge is 2.14. The van der Waals surface area contributed by atoms with Crippen LogP contribution in [-0.2, 0) is 4.79 Å². The van der Waals surface area contributed by atoms with Crippen LogP contribution in [0.15, 0.2) is 42.7 Å². The molecule has 0 unspecified atom stereocenters. The number of hydrogen-bond donors (Lipinski definition) is 2. The van der Waals surface area contributed by atoms with Crippen molar-refractivity contribution in [3.05, 3.63) is 63.9 Å². The lowest BCUT2D eigenvalue weighted by molar-refractivity contribution is -0.112. The van der Waals surface area contributed by atoms with Gasteiger partial charge in [0.1, 0.15) is 5.65 Å². The monoisotopic (exact) mass is 331 g/mol. The maximum atomic E-state index is 11.8. The molecule has 4 nitrogen and oxygen atoms in total. The van der Waals surface area contributed by atoms with Gasteiger partial charge in [0, 0.05) is 39.5 Å². The number of hydrogen-bond acceptors (Lipinski definition) is 2.